The van der Waals surface area contributed by atoms with Crippen molar-refractivity contribution in [2.24, 2.45) is 11.7 Å². The van der Waals surface area contributed by atoms with E-state index >= 15 is 0 Å². The van der Waals surface area contributed by atoms with Gasteiger partial charge in [0.1, 0.15) is 0 Å². The van der Waals surface area contributed by atoms with Crippen LogP contribution in [-0.2, 0) is 0 Å². The second-order valence-corrected chi connectivity index (χ2v) is 4.50. The van der Waals surface area contributed by atoms with E-state index in [0.29, 0.717) is 23.0 Å². The normalized spacial score (nSPS) is 12.6. The highest BCUT2D eigenvalue weighted by Crippen LogP contribution is 2.14. The molecular weight excluding hydrogens is 224 g/mol. The first-order valence-electron chi connectivity index (χ1n) is 5.30. The number of carbonyl (C=O) groups is 1. The van der Waals surface area contributed by atoms with Crippen LogP contribution in [-0.4, -0.2) is 18.5 Å². The molecule has 0 spiro atoms. The van der Waals surface area contributed by atoms with Crippen molar-refractivity contribution in [2.45, 2.75) is 19.9 Å². The molecule has 0 unspecified atom stereocenters. The third-order valence-corrected chi connectivity index (χ3v) is 2.80. The van der Waals surface area contributed by atoms with Crippen molar-refractivity contribution in [3.63, 3.8) is 0 Å². The zero-order chi connectivity index (χ0) is 12.1. The molecule has 3 nitrogen and oxygen atoms in total. The Morgan fingerprint density at radius 2 is 2.06 bits per heavy atom. The van der Waals surface area contributed by atoms with Crippen LogP contribution in [0.3, 0.4) is 0 Å². The van der Waals surface area contributed by atoms with Crippen LogP contribution in [0.5, 0.6) is 0 Å². The van der Waals surface area contributed by atoms with Gasteiger partial charge in [0.25, 0.3) is 5.91 Å². The Hall–Kier alpha value is -1.06. The number of nitrogens with one attached hydrogen (secondary N) is 1. The van der Waals surface area contributed by atoms with Gasteiger partial charge in [0.05, 0.1) is 10.6 Å². The SMILES string of the molecule is CC(C)[C@H](N)CNC(=O)c1ccccc1Cl. The van der Waals surface area contributed by atoms with E-state index in [1.807, 2.05) is 13.8 Å². The zero-order valence-electron chi connectivity index (χ0n) is 9.53. The lowest BCUT2D eigenvalue weighted by Crippen LogP contribution is -2.40. The smallest absolute Gasteiger partial charge is 0.252 e. The minimum absolute atomic E-state index is 0.0357. The molecule has 0 aromatic heterocycles. The van der Waals surface area contributed by atoms with Crippen LogP contribution in [0.1, 0.15) is 24.2 Å². The average Bonchev–Trinajstić information content (AvgIpc) is 2.25. The molecule has 0 saturated carbocycles. The maximum atomic E-state index is 11.7. The molecule has 16 heavy (non-hydrogen) atoms. The largest absolute Gasteiger partial charge is 0.350 e. The van der Waals surface area contributed by atoms with Gasteiger partial charge in [-0.2, -0.15) is 0 Å². The van der Waals surface area contributed by atoms with Crippen LogP contribution in [0.25, 0.3) is 0 Å². The summed E-state index contributed by atoms with van der Waals surface area (Å²) in [6, 6.07) is 6.92. The summed E-state index contributed by atoms with van der Waals surface area (Å²) in [5.74, 6) is 0.160. The fraction of sp³-hybridized carbons (Fsp3) is 0.417. The van der Waals surface area contributed by atoms with Gasteiger partial charge in [-0.25, -0.2) is 0 Å². The van der Waals surface area contributed by atoms with Gasteiger partial charge >= 0.3 is 0 Å². The molecule has 4 heteroatoms. The number of halogens is 1. The van der Waals surface area contributed by atoms with Gasteiger partial charge in [0.2, 0.25) is 0 Å². The van der Waals surface area contributed by atoms with Crippen molar-refractivity contribution < 1.29 is 4.79 Å². The fourth-order valence-electron chi connectivity index (χ4n) is 1.19. The van der Waals surface area contributed by atoms with E-state index in [9.17, 15) is 4.79 Å². The van der Waals surface area contributed by atoms with E-state index in [1.165, 1.54) is 0 Å². The summed E-state index contributed by atoms with van der Waals surface area (Å²) < 4.78 is 0. The number of hydrogen-bond donors (Lipinski definition) is 2. The van der Waals surface area contributed by atoms with Crippen molar-refractivity contribution in [2.75, 3.05) is 6.54 Å². The molecule has 0 bridgehead atoms. The number of rotatable bonds is 4. The zero-order valence-corrected chi connectivity index (χ0v) is 10.3. The van der Waals surface area contributed by atoms with Crippen LogP contribution in [0.4, 0.5) is 0 Å². The molecule has 88 valence electrons. The fourth-order valence-corrected chi connectivity index (χ4v) is 1.41. The topological polar surface area (TPSA) is 55.1 Å². The van der Waals surface area contributed by atoms with Gasteiger partial charge < -0.3 is 11.1 Å². The number of benzene rings is 1. The lowest BCUT2D eigenvalue weighted by Gasteiger charge is -2.16. The predicted octanol–water partition coefficient (Wildman–Crippen LogP) is 2.05. The molecule has 1 rings (SSSR count). The van der Waals surface area contributed by atoms with Crippen molar-refractivity contribution in [3.05, 3.63) is 34.9 Å². The van der Waals surface area contributed by atoms with Crippen molar-refractivity contribution in [3.8, 4) is 0 Å². The minimum atomic E-state index is -0.179. The maximum Gasteiger partial charge on any atom is 0.252 e. The van der Waals surface area contributed by atoms with Crippen LogP contribution >= 0.6 is 11.6 Å². The van der Waals surface area contributed by atoms with E-state index in [0.717, 1.165) is 0 Å². The summed E-state index contributed by atoms with van der Waals surface area (Å²) >= 11 is 5.90. The highest BCUT2D eigenvalue weighted by molar-refractivity contribution is 6.33. The number of hydrogen-bond acceptors (Lipinski definition) is 2. The summed E-state index contributed by atoms with van der Waals surface area (Å²) in [4.78, 5) is 11.7. The quantitative estimate of drug-likeness (QED) is 0.847. The number of carbonyl (C=O) groups excluding carboxylic acids is 1. The molecule has 0 fully saturated rings. The lowest BCUT2D eigenvalue weighted by atomic mass is 10.1. The third kappa shape index (κ3) is 3.51. The van der Waals surface area contributed by atoms with Crippen molar-refractivity contribution in [1.29, 1.82) is 0 Å². The molecule has 1 atom stereocenters. The third-order valence-electron chi connectivity index (χ3n) is 2.47. The second-order valence-electron chi connectivity index (χ2n) is 4.10. The number of amides is 1. The molecule has 0 heterocycles. The Morgan fingerprint density at radius 3 is 2.62 bits per heavy atom. The Kier molecular flexibility index (Phi) is 4.77. The van der Waals surface area contributed by atoms with Gasteiger partial charge in [-0.3, -0.25) is 4.79 Å². The molecule has 1 aromatic rings. The summed E-state index contributed by atoms with van der Waals surface area (Å²) in [7, 11) is 0. The number of nitrogens with two attached hydrogens (primary N) is 1. The second kappa shape index (κ2) is 5.87. The van der Waals surface area contributed by atoms with Gasteiger partial charge in [-0.05, 0) is 18.1 Å². The molecule has 1 aromatic carbocycles. The first-order valence-corrected chi connectivity index (χ1v) is 5.68. The molecule has 0 aliphatic rings. The molecule has 0 saturated heterocycles. The molecule has 0 aliphatic heterocycles. The Labute approximate surface area is 101 Å². The van der Waals surface area contributed by atoms with Crippen LogP contribution < -0.4 is 11.1 Å². The molecule has 1 amide bonds. The van der Waals surface area contributed by atoms with E-state index < -0.39 is 0 Å². The van der Waals surface area contributed by atoms with Crippen molar-refractivity contribution >= 4 is 17.5 Å². The van der Waals surface area contributed by atoms with Crippen molar-refractivity contribution in [1.82, 2.24) is 5.32 Å². The lowest BCUT2D eigenvalue weighted by molar-refractivity contribution is 0.0949. The van der Waals surface area contributed by atoms with Gasteiger partial charge in [0, 0.05) is 12.6 Å². The van der Waals surface area contributed by atoms with E-state index in [4.69, 9.17) is 17.3 Å². The minimum Gasteiger partial charge on any atom is -0.350 e. The van der Waals surface area contributed by atoms with Gasteiger partial charge in [0.15, 0.2) is 0 Å². The Balaban J connectivity index is 2.57. The monoisotopic (exact) mass is 240 g/mol. The van der Waals surface area contributed by atoms with E-state index in [-0.39, 0.29) is 11.9 Å². The van der Waals surface area contributed by atoms with Gasteiger partial charge in [-0.1, -0.05) is 37.6 Å². The summed E-state index contributed by atoms with van der Waals surface area (Å²) in [5, 5.41) is 3.23. The summed E-state index contributed by atoms with van der Waals surface area (Å²) in [5.41, 5.74) is 6.32. The average molecular weight is 241 g/mol. The Bertz CT molecular complexity index is 366. The highest BCUT2D eigenvalue weighted by Gasteiger charge is 2.12. The summed E-state index contributed by atoms with van der Waals surface area (Å²) in [6.07, 6.45) is 0. The summed E-state index contributed by atoms with van der Waals surface area (Å²) in [6.45, 7) is 4.50. The van der Waals surface area contributed by atoms with Crippen LogP contribution in [0.15, 0.2) is 24.3 Å². The molecule has 3 N–H and O–H groups in total. The molecule has 0 aliphatic carbocycles. The van der Waals surface area contributed by atoms with E-state index in [1.54, 1.807) is 24.3 Å². The van der Waals surface area contributed by atoms with Crippen LogP contribution in [0, 0.1) is 5.92 Å². The Morgan fingerprint density at radius 1 is 1.44 bits per heavy atom. The maximum absolute atomic E-state index is 11.7. The predicted molar refractivity (Wildman–Crippen MR) is 66.6 cm³/mol. The van der Waals surface area contributed by atoms with Gasteiger partial charge in [-0.15, -0.1) is 0 Å². The first kappa shape index (κ1) is 13.0. The first-order chi connectivity index (χ1) is 7.52. The molecular formula is C12H17ClN2O. The van der Waals surface area contributed by atoms with E-state index in [2.05, 4.69) is 5.32 Å². The molecule has 0 radical (unpaired) electrons. The standard InChI is InChI=1S/C12H17ClN2O/c1-8(2)11(14)7-15-12(16)9-5-3-4-6-10(9)13/h3-6,8,11H,7,14H2,1-2H3,(H,15,16)/t11-/m1/s1. The highest BCUT2D eigenvalue weighted by atomic mass is 35.5. The van der Waals surface area contributed by atoms with Crippen LogP contribution in [0.2, 0.25) is 5.02 Å².